The number of aromatic carboxylic acids is 1. The zero-order valence-corrected chi connectivity index (χ0v) is 29.2. The highest BCUT2D eigenvalue weighted by molar-refractivity contribution is 8.13. The van der Waals surface area contributed by atoms with Crippen molar-refractivity contribution in [2.24, 2.45) is 0 Å². The maximum absolute atomic E-state index is 13.2. The molecule has 1 N–H and O–H groups in total. The van der Waals surface area contributed by atoms with Gasteiger partial charge in [-0.05, 0) is 82.6 Å². The third-order valence-corrected chi connectivity index (χ3v) is 9.50. The molecule has 11 heteroatoms. The lowest BCUT2D eigenvalue weighted by Gasteiger charge is -2.15. The number of ether oxygens (including phenoxy) is 2. The van der Waals surface area contributed by atoms with Gasteiger partial charge in [-0.2, -0.15) is 0 Å². The normalized spacial score (nSPS) is 11.1. The molecule has 0 aliphatic carbocycles. The fourth-order valence-corrected chi connectivity index (χ4v) is 6.98. The first kappa shape index (κ1) is 34.8. The largest absolute Gasteiger partial charge is 0.545 e. The second-order valence-electron chi connectivity index (χ2n) is 12.2. The van der Waals surface area contributed by atoms with E-state index in [-0.39, 0.29) is 28.4 Å². The van der Waals surface area contributed by atoms with E-state index in [4.69, 9.17) is 13.9 Å². The van der Waals surface area contributed by atoms with Crippen molar-refractivity contribution in [3.63, 3.8) is 0 Å². The summed E-state index contributed by atoms with van der Waals surface area (Å²) in [6, 6.07) is 31.2. The van der Waals surface area contributed by atoms with Crippen LogP contribution in [0.3, 0.4) is 0 Å². The Morgan fingerprint density at radius 2 is 1.25 bits per heavy atom. The molecule has 10 nitrogen and oxygen atoms in total. The van der Waals surface area contributed by atoms with E-state index in [0.717, 1.165) is 17.3 Å². The Kier molecular flexibility index (Phi) is 9.58. The number of hydrogen-bond acceptors (Lipinski definition) is 9. The van der Waals surface area contributed by atoms with Crippen molar-refractivity contribution in [1.29, 1.82) is 0 Å². The Hall–Kier alpha value is -6.59. The number of nitrogens with one attached hydrogen (secondary N) is 1. The Bertz CT molecular complexity index is 2540. The Morgan fingerprint density at radius 3 is 1.79 bits per heavy atom. The standard InChI is InChI=1S/C42H29NO9S/c1-23(44)50-29-11-16-31-26(18-29)8-14-34-38(35-15-9-27-19-30(51-24(2)45)12-17-32(27)40(35)52-39(31)34)33-13-10-28(20-36(33)42(48)49)41(47)43-21-37(46)53-22-25-6-4-3-5-7-25/h3-20H,21-22H2,1-2H3,(H-,43,47,48,49). The molecule has 0 bridgehead atoms. The molecule has 0 aliphatic heterocycles. The molecule has 0 saturated heterocycles. The Morgan fingerprint density at radius 1 is 0.679 bits per heavy atom. The number of fused-ring (bicyclic) bond motifs is 6. The van der Waals surface area contributed by atoms with Gasteiger partial charge in [-0.15, -0.1) is 0 Å². The minimum Gasteiger partial charge on any atom is -0.545 e. The molecule has 1 heterocycles. The van der Waals surface area contributed by atoms with Gasteiger partial charge in [-0.3, -0.25) is 19.2 Å². The zero-order valence-electron chi connectivity index (χ0n) is 28.4. The van der Waals surface area contributed by atoms with Crippen LogP contribution in [0.15, 0.2) is 114 Å². The van der Waals surface area contributed by atoms with Crippen LogP contribution in [0, 0.1) is 0 Å². The van der Waals surface area contributed by atoms with E-state index in [2.05, 4.69) is 5.32 Å². The lowest BCUT2D eigenvalue weighted by atomic mass is 9.90. The van der Waals surface area contributed by atoms with E-state index < -0.39 is 23.8 Å². The molecule has 7 rings (SSSR count). The minimum atomic E-state index is -1.51. The Balaban J connectivity index is 1.34. The van der Waals surface area contributed by atoms with Crippen LogP contribution in [0.1, 0.15) is 40.1 Å². The van der Waals surface area contributed by atoms with Crippen molar-refractivity contribution in [2.75, 3.05) is 6.54 Å². The van der Waals surface area contributed by atoms with E-state index in [1.54, 1.807) is 54.6 Å². The van der Waals surface area contributed by atoms with Gasteiger partial charge in [0.25, 0.3) is 5.91 Å². The summed E-state index contributed by atoms with van der Waals surface area (Å²) in [4.78, 5) is 61.8. The van der Waals surface area contributed by atoms with Gasteiger partial charge < -0.3 is 24.7 Å². The van der Waals surface area contributed by atoms with Crippen LogP contribution in [0.4, 0.5) is 0 Å². The average Bonchev–Trinajstić information content (AvgIpc) is 3.14. The van der Waals surface area contributed by atoms with Gasteiger partial charge in [0.15, 0.2) is 0 Å². The van der Waals surface area contributed by atoms with Gasteiger partial charge in [-0.25, -0.2) is 4.42 Å². The second kappa shape index (κ2) is 14.6. The summed E-state index contributed by atoms with van der Waals surface area (Å²) in [5.41, 5.74) is 2.40. The third-order valence-electron chi connectivity index (χ3n) is 8.56. The van der Waals surface area contributed by atoms with Crippen molar-refractivity contribution < 1.29 is 43.0 Å². The van der Waals surface area contributed by atoms with Crippen molar-refractivity contribution in [3.05, 3.63) is 126 Å². The van der Waals surface area contributed by atoms with Crippen LogP contribution in [0.25, 0.3) is 54.6 Å². The fraction of sp³-hybridized carbons (Fsp3) is 0.0952. The molecule has 0 spiro atoms. The number of thioether (sulfide) groups is 1. The number of rotatable bonds is 9. The molecule has 6 aromatic carbocycles. The molecule has 53 heavy (non-hydrogen) atoms. The fourth-order valence-electron chi connectivity index (χ4n) is 6.28. The van der Waals surface area contributed by atoms with Gasteiger partial charge >= 0.3 is 23.1 Å². The molecule has 7 aromatic rings. The molecular weight excluding hydrogens is 695 g/mol. The van der Waals surface area contributed by atoms with Crippen LogP contribution in [0.2, 0.25) is 0 Å². The van der Waals surface area contributed by atoms with Crippen molar-refractivity contribution in [2.45, 2.75) is 19.6 Å². The van der Waals surface area contributed by atoms with E-state index in [1.807, 2.05) is 42.5 Å². The number of carbonyl (C=O) groups excluding carboxylic acids is 5. The third kappa shape index (κ3) is 7.28. The number of amides is 1. The van der Waals surface area contributed by atoms with Crippen LogP contribution >= 0.6 is 11.8 Å². The maximum atomic E-state index is 13.2. The van der Waals surface area contributed by atoms with E-state index in [9.17, 15) is 29.1 Å². The van der Waals surface area contributed by atoms with Crippen LogP contribution in [-0.2, 0) is 20.1 Å². The summed E-state index contributed by atoms with van der Waals surface area (Å²) in [6.45, 7) is 2.38. The monoisotopic (exact) mass is 723 g/mol. The SMILES string of the molecule is CC(=O)Oc1ccc2c(ccc3c(-c4ccc(C(=O)NCC(=O)SCc5ccccc5)cc4C(=O)[O-])c4ccc5cc(OC(C)=O)ccc5c4[o+]c32)c1. The molecular formula is C42H29NO9S. The summed E-state index contributed by atoms with van der Waals surface area (Å²) in [5.74, 6) is -1.92. The molecule has 1 aromatic heterocycles. The lowest BCUT2D eigenvalue weighted by molar-refractivity contribution is -0.255. The number of carboxylic acids is 1. The molecule has 0 radical (unpaired) electrons. The van der Waals surface area contributed by atoms with Gasteiger partial charge in [-0.1, -0.05) is 60.3 Å². The molecule has 1 amide bonds. The van der Waals surface area contributed by atoms with Gasteiger partial charge in [0.05, 0.1) is 34.1 Å². The first-order valence-electron chi connectivity index (χ1n) is 16.4. The quantitative estimate of drug-likeness (QED) is 0.0531. The van der Waals surface area contributed by atoms with E-state index in [1.165, 1.54) is 26.0 Å². The van der Waals surface area contributed by atoms with Crippen molar-refractivity contribution in [1.82, 2.24) is 5.32 Å². The lowest BCUT2D eigenvalue weighted by Crippen LogP contribution is -2.29. The Labute approximate surface area is 306 Å². The van der Waals surface area contributed by atoms with Crippen LogP contribution in [0.5, 0.6) is 11.5 Å². The van der Waals surface area contributed by atoms with E-state index >= 15 is 0 Å². The number of benzene rings is 6. The second-order valence-corrected chi connectivity index (χ2v) is 13.2. The summed E-state index contributed by atoms with van der Waals surface area (Å²) in [5, 5.41) is 19.0. The maximum Gasteiger partial charge on any atom is 0.369 e. The molecule has 0 aliphatic rings. The molecule has 0 unspecified atom stereocenters. The summed E-state index contributed by atoms with van der Waals surface area (Å²) in [6.07, 6.45) is 0. The predicted octanol–water partition coefficient (Wildman–Crippen LogP) is 7.24. The van der Waals surface area contributed by atoms with E-state index in [0.29, 0.717) is 66.3 Å². The van der Waals surface area contributed by atoms with Crippen LogP contribution in [-0.4, -0.2) is 35.5 Å². The molecule has 0 atom stereocenters. The summed E-state index contributed by atoms with van der Waals surface area (Å²) in [7, 11) is 0. The van der Waals surface area contributed by atoms with Crippen LogP contribution < -0.4 is 19.9 Å². The number of hydrogen-bond donors (Lipinski definition) is 1. The van der Waals surface area contributed by atoms with Gasteiger partial charge in [0.2, 0.25) is 5.12 Å². The zero-order chi connectivity index (χ0) is 37.2. The predicted molar refractivity (Wildman–Crippen MR) is 201 cm³/mol. The summed E-state index contributed by atoms with van der Waals surface area (Å²) < 4.78 is 17.3. The number of carbonyl (C=O) groups is 5. The topological polar surface area (TPSA) is 150 Å². The van der Waals surface area contributed by atoms with Gasteiger partial charge in [0, 0.05) is 36.3 Å². The first-order valence-corrected chi connectivity index (χ1v) is 17.4. The van der Waals surface area contributed by atoms with Crippen molar-refractivity contribution in [3.8, 4) is 22.6 Å². The van der Waals surface area contributed by atoms with Crippen molar-refractivity contribution >= 4 is 84.2 Å². The average molecular weight is 724 g/mol. The van der Waals surface area contributed by atoms with Gasteiger partial charge in [0.1, 0.15) is 11.5 Å². The molecule has 262 valence electrons. The highest BCUT2D eigenvalue weighted by Gasteiger charge is 2.27. The first-order chi connectivity index (χ1) is 25.5. The highest BCUT2D eigenvalue weighted by atomic mass is 32.2. The smallest absolute Gasteiger partial charge is 0.369 e. The molecule has 0 fully saturated rings. The summed E-state index contributed by atoms with van der Waals surface area (Å²) >= 11 is 1.07. The number of carboxylic acid groups (broad SMARTS) is 1. The molecule has 0 saturated carbocycles. The highest BCUT2D eigenvalue weighted by Crippen LogP contribution is 2.43. The minimum absolute atomic E-state index is 0.0370. The number of esters is 2.